The van der Waals surface area contributed by atoms with Gasteiger partial charge in [0.2, 0.25) is 0 Å². The second kappa shape index (κ2) is 6.84. The third kappa shape index (κ3) is 3.57. The van der Waals surface area contributed by atoms with Gasteiger partial charge in [0.15, 0.2) is 5.89 Å². The molecule has 0 saturated carbocycles. The molecule has 0 aliphatic heterocycles. The molecule has 7 heteroatoms. The number of ether oxygens (including phenoxy) is 1. The zero-order valence-corrected chi connectivity index (χ0v) is 15.8. The fourth-order valence-corrected chi connectivity index (χ4v) is 4.01. The smallest absolute Gasteiger partial charge is 0.265 e. The molecule has 0 bridgehead atoms. The molecule has 0 aliphatic rings. The lowest BCUT2D eigenvalue weighted by molar-refractivity contribution is 0.402. The van der Waals surface area contributed by atoms with Gasteiger partial charge in [-0.05, 0) is 43.7 Å². The minimum absolute atomic E-state index is 0.104. The van der Waals surface area contributed by atoms with Crippen LogP contribution in [0.2, 0.25) is 0 Å². The van der Waals surface area contributed by atoms with Gasteiger partial charge in [-0.1, -0.05) is 18.2 Å². The number of rotatable bonds is 5. The van der Waals surface area contributed by atoms with Crippen molar-refractivity contribution in [3.63, 3.8) is 0 Å². The summed E-state index contributed by atoms with van der Waals surface area (Å²) in [5.74, 6) is 1.61. The van der Waals surface area contributed by atoms with E-state index >= 15 is 0 Å². The monoisotopic (exact) mass is 372 g/mol. The van der Waals surface area contributed by atoms with Crippen molar-refractivity contribution in [3.05, 3.63) is 59.7 Å². The Morgan fingerprint density at radius 1 is 1.04 bits per heavy atom. The number of oxazole rings is 1. The molecular formula is C19H20N2O4S. The Labute approximate surface area is 152 Å². The maximum absolute atomic E-state index is 12.7. The van der Waals surface area contributed by atoms with E-state index in [0.29, 0.717) is 17.3 Å². The zero-order valence-electron chi connectivity index (χ0n) is 15.0. The predicted octanol–water partition coefficient (Wildman–Crippen LogP) is 4.08. The lowest BCUT2D eigenvalue weighted by atomic mass is 10.1. The summed E-state index contributed by atoms with van der Waals surface area (Å²) in [4.78, 5) is 4.45. The van der Waals surface area contributed by atoms with Crippen molar-refractivity contribution in [1.29, 1.82) is 0 Å². The van der Waals surface area contributed by atoms with E-state index in [1.54, 1.807) is 49.4 Å². The molecule has 136 valence electrons. The average molecular weight is 372 g/mol. The number of hydrogen-bond acceptors (Lipinski definition) is 5. The minimum Gasteiger partial charge on any atom is -0.495 e. The first-order chi connectivity index (χ1) is 12.3. The van der Waals surface area contributed by atoms with Crippen LogP contribution in [0.15, 0.2) is 51.8 Å². The van der Waals surface area contributed by atoms with E-state index in [-0.39, 0.29) is 4.90 Å². The van der Waals surface area contributed by atoms with Crippen LogP contribution in [0.4, 0.5) is 5.69 Å². The first kappa shape index (κ1) is 18.0. The molecule has 0 fully saturated rings. The van der Waals surface area contributed by atoms with Gasteiger partial charge in [0.05, 0.1) is 7.11 Å². The summed E-state index contributed by atoms with van der Waals surface area (Å²) in [5, 5.41) is 0. The molecule has 0 spiro atoms. The van der Waals surface area contributed by atoms with Crippen molar-refractivity contribution in [2.24, 2.45) is 0 Å². The third-order valence-corrected chi connectivity index (χ3v) is 5.33. The van der Waals surface area contributed by atoms with Crippen molar-refractivity contribution in [2.75, 3.05) is 11.8 Å². The number of benzene rings is 2. The molecule has 3 rings (SSSR count). The molecule has 0 aliphatic carbocycles. The van der Waals surface area contributed by atoms with Crippen LogP contribution in [0.5, 0.6) is 5.75 Å². The molecule has 3 aromatic rings. The molecule has 6 nitrogen and oxygen atoms in total. The highest BCUT2D eigenvalue weighted by atomic mass is 32.2. The number of aryl methyl sites for hydroxylation is 3. The van der Waals surface area contributed by atoms with E-state index < -0.39 is 10.0 Å². The molecule has 0 amide bonds. The van der Waals surface area contributed by atoms with Gasteiger partial charge in [0, 0.05) is 18.2 Å². The summed E-state index contributed by atoms with van der Waals surface area (Å²) in [6.07, 6.45) is 0. The van der Waals surface area contributed by atoms with Gasteiger partial charge in [-0.25, -0.2) is 13.4 Å². The van der Waals surface area contributed by atoms with Gasteiger partial charge < -0.3 is 9.15 Å². The van der Waals surface area contributed by atoms with E-state index in [1.165, 1.54) is 7.11 Å². The highest BCUT2D eigenvalue weighted by molar-refractivity contribution is 7.92. The fraction of sp³-hybridized carbons (Fsp3) is 0.211. The van der Waals surface area contributed by atoms with Crippen LogP contribution in [0.1, 0.15) is 17.2 Å². The number of sulfonamides is 1. The zero-order chi connectivity index (χ0) is 18.9. The Morgan fingerprint density at radius 2 is 1.73 bits per heavy atom. The predicted molar refractivity (Wildman–Crippen MR) is 100.0 cm³/mol. The Kier molecular flexibility index (Phi) is 4.73. The van der Waals surface area contributed by atoms with Crippen LogP contribution in [0.3, 0.4) is 0 Å². The second-order valence-corrected chi connectivity index (χ2v) is 7.63. The minimum atomic E-state index is -3.77. The summed E-state index contributed by atoms with van der Waals surface area (Å²) in [5.41, 5.74) is 2.89. The van der Waals surface area contributed by atoms with E-state index in [2.05, 4.69) is 9.71 Å². The van der Waals surface area contributed by atoms with Crippen molar-refractivity contribution < 1.29 is 17.6 Å². The largest absolute Gasteiger partial charge is 0.495 e. The van der Waals surface area contributed by atoms with Gasteiger partial charge in [0.1, 0.15) is 22.1 Å². The number of hydrogen-bond donors (Lipinski definition) is 1. The second-order valence-electron chi connectivity index (χ2n) is 5.97. The molecule has 0 unspecified atom stereocenters. The quantitative estimate of drug-likeness (QED) is 0.730. The van der Waals surface area contributed by atoms with Gasteiger partial charge >= 0.3 is 0 Å². The molecule has 1 heterocycles. The van der Waals surface area contributed by atoms with Gasteiger partial charge in [-0.2, -0.15) is 0 Å². The molecule has 0 saturated heterocycles. The number of nitrogens with zero attached hydrogens (tertiary/aromatic N) is 1. The summed E-state index contributed by atoms with van der Waals surface area (Å²) in [7, 11) is -2.32. The maximum atomic E-state index is 12.7. The Hall–Kier alpha value is -2.80. The lowest BCUT2D eigenvalue weighted by Crippen LogP contribution is -2.14. The highest BCUT2D eigenvalue weighted by Crippen LogP contribution is 2.28. The van der Waals surface area contributed by atoms with Crippen LogP contribution >= 0.6 is 0 Å². The molecule has 0 atom stereocenters. The summed E-state index contributed by atoms with van der Waals surface area (Å²) in [6, 6.07) is 12.0. The normalized spacial score (nSPS) is 11.4. The van der Waals surface area contributed by atoms with E-state index in [9.17, 15) is 8.42 Å². The summed E-state index contributed by atoms with van der Waals surface area (Å²) in [6.45, 7) is 5.46. The fourth-order valence-electron chi connectivity index (χ4n) is 2.70. The van der Waals surface area contributed by atoms with Crippen LogP contribution in [-0.2, 0) is 10.0 Å². The first-order valence-corrected chi connectivity index (χ1v) is 9.50. The van der Waals surface area contributed by atoms with Gasteiger partial charge in [0.25, 0.3) is 10.0 Å². The van der Waals surface area contributed by atoms with Gasteiger partial charge in [-0.15, -0.1) is 0 Å². The lowest BCUT2D eigenvalue weighted by Gasteiger charge is -2.12. The Morgan fingerprint density at radius 3 is 2.31 bits per heavy atom. The number of methoxy groups -OCH3 is 1. The average Bonchev–Trinajstić information content (AvgIpc) is 2.93. The Balaban J connectivity index is 1.89. The highest BCUT2D eigenvalue weighted by Gasteiger charge is 2.20. The van der Waals surface area contributed by atoms with Crippen molar-refractivity contribution in [3.8, 4) is 17.0 Å². The van der Waals surface area contributed by atoms with Crippen molar-refractivity contribution in [1.82, 2.24) is 4.98 Å². The van der Waals surface area contributed by atoms with E-state index in [4.69, 9.17) is 9.15 Å². The van der Waals surface area contributed by atoms with Crippen molar-refractivity contribution in [2.45, 2.75) is 25.7 Å². The maximum Gasteiger partial charge on any atom is 0.265 e. The molecule has 26 heavy (non-hydrogen) atoms. The molecule has 2 aromatic carbocycles. The van der Waals surface area contributed by atoms with Crippen LogP contribution < -0.4 is 9.46 Å². The molecule has 1 N–H and O–H groups in total. The van der Waals surface area contributed by atoms with Crippen LogP contribution in [0, 0.1) is 20.8 Å². The molecule has 1 aromatic heterocycles. The Bertz CT molecular complexity index is 1040. The van der Waals surface area contributed by atoms with E-state index in [1.807, 2.05) is 13.8 Å². The standard InChI is InChI=1S/C19H20N2O4S/c1-12-5-10-17(24-4)18(11-12)26(22,23)21-16-8-6-15(7-9-16)19-13(2)25-14(3)20-19/h5-11,21H,1-4H3. The molecule has 0 radical (unpaired) electrons. The van der Waals surface area contributed by atoms with Crippen molar-refractivity contribution >= 4 is 15.7 Å². The van der Waals surface area contributed by atoms with Gasteiger partial charge in [-0.3, -0.25) is 4.72 Å². The number of nitrogens with one attached hydrogen (secondary N) is 1. The number of aromatic nitrogens is 1. The first-order valence-electron chi connectivity index (χ1n) is 8.02. The van der Waals surface area contributed by atoms with Crippen LogP contribution in [-0.4, -0.2) is 20.5 Å². The van der Waals surface area contributed by atoms with E-state index in [0.717, 1.165) is 22.6 Å². The SMILES string of the molecule is COc1ccc(C)cc1S(=O)(=O)Nc1ccc(-c2nc(C)oc2C)cc1. The summed E-state index contributed by atoms with van der Waals surface area (Å²) < 4.78 is 38.7. The topological polar surface area (TPSA) is 81.4 Å². The summed E-state index contributed by atoms with van der Waals surface area (Å²) >= 11 is 0. The van der Waals surface area contributed by atoms with Crippen LogP contribution in [0.25, 0.3) is 11.3 Å². The third-order valence-electron chi connectivity index (χ3n) is 3.92. The number of anilines is 1. The molecular weight excluding hydrogens is 352 g/mol.